The Kier molecular flexibility index (Phi) is 5.77. The van der Waals surface area contributed by atoms with Crippen LogP contribution in [0, 0.1) is 5.82 Å². The molecule has 0 N–H and O–H groups in total. The van der Waals surface area contributed by atoms with Gasteiger partial charge in [-0.3, -0.25) is 0 Å². The minimum atomic E-state index is -3.73. The van der Waals surface area contributed by atoms with Gasteiger partial charge in [0.05, 0.1) is 0 Å². The third kappa shape index (κ3) is 3.01. The van der Waals surface area contributed by atoms with Crippen molar-refractivity contribution in [2.75, 3.05) is 8.21 Å². The summed E-state index contributed by atoms with van der Waals surface area (Å²) in [7, 11) is -3.73. The van der Waals surface area contributed by atoms with Gasteiger partial charge >= 0.3 is 127 Å². The van der Waals surface area contributed by atoms with E-state index in [4.69, 9.17) is 0 Å². The summed E-state index contributed by atoms with van der Waals surface area (Å²) >= 11 is 1.46. The average Bonchev–Trinajstić information content (AvgIpc) is 2.61. The number of sulfonamides is 1. The SMILES string of the molecule is CCn1cc(F)c(S(=O)(=O)N([CH2][Pb])[CH2][Pb])n1. The van der Waals surface area contributed by atoms with Crippen molar-refractivity contribution >= 4 is 61.6 Å². The van der Waals surface area contributed by atoms with E-state index >= 15 is 0 Å². The van der Waals surface area contributed by atoms with E-state index in [2.05, 4.69) is 5.10 Å². The van der Waals surface area contributed by atoms with Crippen molar-refractivity contribution in [2.45, 2.75) is 18.5 Å². The summed E-state index contributed by atoms with van der Waals surface area (Å²) in [6, 6.07) is 0. The normalized spacial score (nSPS) is 12.3. The fourth-order valence-corrected chi connectivity index (χ4v) is 10.4. The first-order chi connectivity index (χ1) is 7.47. The summed E-state index contributed by atoms with van der Waals surface area (Å²) in [6.45, 7) is 2.23. The molecule has 0 fully saturated rings. The van der Waals surface area contributed by atoms with Gasteiger partial charge in [-0.25, -0.2) is 0 Å². The molecule has 9 heteroatoms. The molecule has 0 unspecified atom stereocenters. The van der Waals surface area contributed by atoms with Gasteiger partial charge in [-0.2, -0.15) is 0 Å². The maximum atomic E-state index is 13.5. The van der Waals surface area contributed by atoms with Crippen molar-refractivity contribution in [3.63, 3.8) is 0 Å². The van der Waals surface area contributed by atoms with Gasteiger partial charge in [0, 0.05) is 0 Å². The van der Waals surface area contributed by atoms with Crippen molar-refractivity contribution in [2.24, 2.45) is 0 Å². The van der Waals surface area contributed by atoms with Crippen LogP contribution in [0.25, 0.3) is 0 Å². The van der Waals surface area contributed by atoms with E-state index < -0.39 is 20.9 Å². The van der Waals surface area contributed by atoms with E-state index in [1.165, 1.54) is 8.99 Å². The van der Waals surface area contributed by atoms with Crippen LogP contribution in [-0.4, -0.2) is 82.2 Å². The number of aryl methyl sites for hydroxylation is 1. The fourth-order valence-electron chi connectivity index (χ4n) is 1.06. The summed E-state index contributed by atoms with van der Waals surface area (Å²) in [5, 5.41) is 3.32. The van der Waals surface area contributed by atoms with E-state index in [-0.39, 0.29) is 0 Å². The molecule has 1 heterocycles. The second-order valence-electron chi connectivity index (χ2n) is 2.91. The van der Waals surface area contributed by atoms with Gasteiger partial charge < -0.3 is 0 Å². The Morgan fingerprint density at radius 3 is 2.44 bits per heavy atom. The van der Waals surface area contributed by atoms with Gasteiger partial charge in [-0.1, -0.05) is 0 Å². The molecule has 0 amide bonds. The molecule has 16 heavy (non-hydrogen) atoms. The van der Waals surface area contributed by atoms with Crippen LogP contribution in [0.2, 0.25) is 0 Å². The Morgan fingerprint density at radius 1 is 1.50 bits per heavy atom. The van der Waals surface area contributed by atoms with E-state index in [1.54, 1.807) is 6.92 Å². The molecule has 0 aliphatic carbocycles. The molecule has 1 aromatic rings. The van der Waals surface area contributed by atoms with Gasteiger partial charge in [0.25, 0.3) is 0 Å². The van der Waals surface area contributed by atoms with E-state index in [0.29, 0.717) is 14.8 Å². The molecule has 0 aliphatic rings. The van der Waals surface area contributed by atoms with E-state index in [1.807, 2.05) is 0 Å². The molecule has 1 rings (SSSR count). The monoisotopic (exact) mass is 635 g/mol. The molecule has 0 bridgehead atoms. The van der Waals surface area contributed by atoms with Gasteiger partial charge in [-0.15, -0.1) is 0 Å². The number of nitrogens with zero attached hydrogens (tertiary/aromatic N) is 3. The first-order valence-electron chi connectivity index (χ1n) is 4.49. The van der Waals surface area contributed by atoms with Crippen molar-refractivity contribution in [3.05, 3.63) is 12.0 Å². The third-order valence-corrected chi connectivity index (χ3v) is 8.40. The van der Waals surface area contributed by atoms with Crippen LogP contribution in [0.5, 0.6) is 0 Å². The van der Waals surface area contributed by atoms with Crippen LogP contribution in [0.1, 0.15) is 6.92 Å². The van der Waals surface area contributed by atoms with Gasteiger partial charge in [0.15, 0.2) is 0 Å². The molecule has 86 valence electrons. The van der Waals surface area contributed by atoms with Crippen LogP contribution >= 0.6 is 0 Å². The second-order valence-corrected chi connectivity index (χ2v) is 7.22. The van der Waals surface area contributed by atoms with Gasteiger partial charge in [-0.05, 0) is 0 Å². The Morgan fingerprint density at radius 2 is 2.06 bits per heavy atom. The Bertz CT molecular complexity index is 458. The molecule has 0 atom stereocenters. The predicted molar refractivity (Wildman–Crippen MR) is 58.1 cm³/mol. The Hall–Kier alpha value is 0.894. The van der Waals surface area contributed by atoms with E-state index in [0.717, 1.165) is 57.7 Å². The summed E-state index contributed by atoms with van der Waals surface area (Å²) in [5.41, 5.74) is 0. The molecular formula is C7H10FN3O2Pb2S. The van der Waals surface area contributed by atoms with Crippen LogP contribution in [-0.2, 0) is 16.6 Å². The molecule has 0 aromatic carbocycles. The zero-order chi connectivity index (χ0) is 12.3. The zero-order valence-electron chi connectivity index (χ0n) is 8.64. The Labute approximate surface area is 126 Å². The molecule has 0 aliphatic heterocycles. The molecule has 6 radical (unpaired) electrons. The van der Waals surface area contributed by atoms with Crippen molar-refractivity contribution in [1.29, 1.82) is 0 Å². The summed E-state index contributed by atoms with van der Waals surface area (Å²) in [5.74, 6) is -0.767. The predicted octanol–water partition coefficient (Wildman–Crippen LogP) is -0.715. The van der Waals surface area contributed by atoms with Gasteiger partial charge in [0.2, 0.25) is 0 Å². The second kappa shape index (κ2) is 6.18. The van der Waals surface area contributed by atoms with Crippen LogP contribution in [0.3, 0.4) is 0 Å². The molecular weight excluding hydrogens is 624 g/mol. The zero-order valence-corrected chi connectivity index (χ0v) is 17.2. The third-order valence-electron chi connectivity index (χ3n) is 1.95. The standard InChI is InChI=1S/C7H10FN3O2S.2Pb/c1-4-11-5-6(8)7(9-11)14(12,13)10(2)3;;/h5H,2-4H2,1H3;;. The molecule has 0 saturated carbocycles. The van der Waals surface area contributed by atoms with Gasteiger partial charge in [0.1, 0.15) is 0 Å². The van der Waals surface area contributed by atoms with Crippen LogP contribution < -0.4 is 0 Å². The van der Waals surface area contributed by atoms with Crippen molar-refractivity contribution in [1.82, 2.24) is 14.1 Å². The Balaban J connectivity index is 3.21. The van der Waals surface area contributed by atoms with Crippen LogP contribution in [0.4, 0.5) is 4.39 Å². The minimum absolute atomic E-state index is 0.443. The fraction of sp³-hybridized carbons (Fsp3) is 0.571. The summed E-state index contributed by atoms with van der Waals surface area (Å²) in [6.07, 6.45) is 1.12. The molecule has 5 nitrogen and oxygen atoms in total. The molecule has 1 aromatic heterocycles. The number of halogens is 1. The maximum absolute atomic E-state index is 13.5. The molecule has 0 spiro atoms. The topological polar surface area (TPSA) is 55.2 Å². The van der Waals surface area contributed by atoms with E-state index in [9.17, 15) is 12.8 Å². The van der Waals surface area contributed by atoms with Crippen LogP contribution in [0.15, 0.2) is 11.2 Å². The number of hydrogen-bond acceptors (Lipinski definition) is 3. The molecule has 0 saturated heterocycles. The quantitative estimate of drug-likeness (QED) is 0.403. The summed E-state index contributed by atoms with van der Waals surface area (Å²) in [4.78, 5) is 0. The number of hydrogen-bond donors (Lipinski definition) is 0. The average molecular weight is 634 g/mol. The van der Waals surface area contributed by atoms with Crippen molar-refractivity contribution < 1.29 is 12.8 Å². The summed E-state index contributed by atoms with van der Waals surface area (Å²) < 4.78 is 41.0. The number of aromatic nitrogens is 2. The van der Waals surface area contributed by atoms with Crippen molar-refractivity contribution in [3.8, 4) is 0 Å². The first kappa shape index (κ1) is 15.0. The first-order valence-corrected chi connectivity index (χ1v) is 11.4. The number of rotatable bonds is 5.